The number of aromatic nitrogens is 1. The van der Waals surface area contributed by atoms with Crippen LogP contribution in [0.3, 0.4) is 0 Å². The topological polar surface area (TPSA) is 153 Å². The predicted octanol–water partition coefficient (Wildman–Crippen LogP) is 4.39. The number of nitrogens with one attached hydrogen (secondary N) is 2. The molecule has 2 aliphatic heterocycles. The van der Waals surface area contributed by atoms with Gasteiger partial charge in [-0.2, -0.15) is 13.2 Å². The third kappa shape index (κ3) is 10.0. The lowest BCUT2D eigenvalue weighted by atomic mass is 10.0. The number of rotatable bonds is 8. The number of carbonyl (C=O) groups excluding carboxylic acids is 1. The average Bonchev–Trinajstić information content (AvgIpc) is 3.49. The number of ether oxygens (including phenoxy) is 1. The number of thiazole rings is 1. The summed E-state index contributed by atoms with van der Waals surface area (Å²) in [6.45, 7) is 7.87. The molecule has 3 heterocycles. The molecule has 15 heteroatoms. The number of hydrogen-bond donors (Lipinski definition) is 5. The van der Waals surface area contributed by atoms with Gasteiger partial charge in [0.15, 0.2) is 5.13 Å². The summed E-state index contributed by atoms with van der Waals surface area (Å²) in [6, 6.07) is 8.26. The monoisotopic (exact) mass is 650 g/mol. The van der Waals surface area contributed by atoms with Gasteiger partial charge in [0.2, 0.25) is 0 Å². The van der Waals surface area contributed by atoms with Gasteiger partial charge in [-0.05, 0) is 55.7 Å². The highest BCUT2D eigenvalue weighted by molar-refractivity contribution is 7.17. The van der Waals surface area contributed by atoms with Crippen molar-refractivity contribution in [3.05, 3.63) is 64.2 Å². The highest BCUT2D eigenvalue weighted by Gasteiger charge is 2.33. The van der Waals surface area contributed by atoms with E-state index in [2.05, 4.69) is 20.5 Å². The van der Waals surface area contributed by atoms with Crippen molar-refractivity contribution in [3.63, 3.8) is 0 Å². The number of aliphatic hydroxyl groups is 1. The molecule has 0 atom stereocenters. The molecule has 3 aromatic rings. The van der Waals surface area contributed by atoms with E-state index >= 15 is 0 Å². The van der Waals surface area contributed by atoms with Gasteiger partial charge in [-0.3, -0.25) is 9.69 Å². The molecular weight excluding hydrogens is 613 g/mol. The highest BCUT2D eigenvalue weighted by Crippen LogP contribution is 2.34. The zero-order valence-corrected chi connectivity index (χ0v) is 25.6. The maximum Gasteiger partial charge on any atom is 0.416 e. The van der Waals surface area contributed by atoms with Crippen molar-refractivity contribution in [2.75, 3.05) is 73.7 Å². The Morgan fingerprint density at radius 1 is 1.11 bits per heavy atom. The van der Waals surface area contributed by atoms with Crippen LogP contribution in [0.4, 0.5) is 35.4 Å². The molecule has 0 radical (unpaired) electrons. The Balaban J connectivity index is 0.000000231. The number of aryl methyl sites for hydroxylation is 1. The van der Waals surface area contributed by atoms with Crippen LogP contribution in [0.1, 0.15) is 44.0 Å². The number of carboxylic acids is 1. The van der Waals surface area contributed by atoms with E-state index in [1.54, 1.807) is 23.1 Å². The van der Waals surface area contributed by atoms with Crippen molar-refractivity contribution < 1.29 is 37.7 Å². The summed E-state index contributed by atoms with van der Waals surface area (Å²) < 4.78 is 45.3. The Bertz CT molecular complexity index is 1460. The number of morpholine rings is 1. The SMILES string of the molecule is Cc1ccc(NC(=O)c2cc(N3CCC(O)CC3)cc(C(F)(F)F)c2)cc1N.O=C(O)c1cnc(NCCN2CCOCC2)s1. The summed E-state index contributed by atoms with van der Waals surface area (Å²) in [7, 11) is 0. The number of piperidine rings is 1. The first-order valence-corrected chi connectivity index (χ1v) is 15.3. The van der Waals surface area contributed by atoms with Gasteiger partial charge < -0.3 is 36.2 Å². The molecule has 6 N–H and O–H groups in total. The average molecular weight is 651 g/mol. The summed E-state index contributed by atoms with van der Waals surface area (Å²) in [4.78, 5) is 31.6. The maximum absolute atomic E-state index is 13.4. The van der Waals surface area contributed by atoms with E-state index in [9.17, 15) is 27.9 Å². The molecular formula is C30H37F3N6O5S. The zero-order valence-electron chi connectivity index (χ0n) is 24.8. The van der Waals surface area contributed by atoms with Gasteiger partial charge in [-0.25, -0.2) is 9.78 Å². The second kappa shape index (κ2) is 15.4. The number of aromatic carboxylic acids is 1. The smallest absolute Gasteiger partial charge is 0.416 e. The number of aliphatic hydroxyl groups excluding tert-OH is 1. The molecule has 45 heavy (non-hydrogen) atoms. The first-order chi connectivity index (χ1) is 21.4. The van der Waals surface area contributed by atoms with E-state index in [1.165, 1.54) is 12.3 Å². The molecule has 11 nitrogen and oxygen atoms in total. The van der Waals surface area contributed by atoms with Crippen molar-refractivity contribution in [3.8, 4) is 0 Å². The molecule has 1 amide bonds. The van der Waals surface area contributed by atoms with Crippen LogP contribution in [0.15, 0.2) is 42.6 Å². The van der Waals surface area contributed by atoms with Crippen LogP contribution < -0.4 is 21.3 Å². The van der Waals surface area contributed by atoms with Crippen LogP contribution >= 0.6 is 11.3 Å². The van der Waals surface area contributed by atoms with Gasteiger partial charge in [0.25, 0.3) is 5.91 Å². The van der Waals surface area contributed by atoms with Crippen LogP contribution in [0.5, 0.6) is 0 Å². The second-order valence-corrected chi connectivity index (χ2v) is 11.8. The minimum atomic E-state index is -4.57. The van der Waals surface area contributed by atoms with E-state index in [1.807, 2.05) is 6.92 Å². The summed E-state index contributed by atoms with van der Waals surface area (Å²) in [6.07, 6.45) is -2.70. The number of halogens is 3. The fourth-order valence-corrected chi connectivity index (χ4v) is 5.42. The quantitative estimate of drug-likeness (QED) is 0.222. The van der Waals surface area contributed by atoms with E-state index in [0.717, 1.165) is 68.4 Å². The van der Waals surface area contributed by atoms with Crippen molar-refractivity contribution >= 4 is 45.4 Å². The number of anilines is 4. The number of nitrogens with zero attached hydrogens (tertiary/aromatic N) is 3. The standard InChI is InChI=1S/C20H22F3N3O2.C10H15N3O3S/c1-12-2-3-15(11-18(12)24)25-19(28)13-8-14(20(21,22)23)10-16(9-13)26-6-4-17(27)5-7-26;14-9(15)8-7-12-10(17-8)11-1-2-13-3-5-16-6-4-13/h2-3,8-11,17,27H,4-7,24H2,1H3,(H,25,28);7H,1-6H2,(H,11,12)(H,14,15). The van der Waals surface area contributed by atoms with Gasteiger partial charge >= 0.3 is 12.1 Å². The molecule has 0 saturated carbocycles. The van der Waals surface area contributed by atoms with Crippen LogP contribution in [0.2, 0.25) is 0 Å². The number of carboxylic acid groups (broad SMARTS) is 1. The largest absolute Gasteiger partial charge is 0.477 e. The van der Waals surface area contributed by atoms with Gasteiger partial charge in [0.1, 0.15) is 4.88 Å². The third-order valence-corrected chi connectivity index (χ3v) is 8.34. The first kappa shape index (κ1) is 34.0. The Morgan fingerprint density at radius 3 is 2.44 bits per heavy atom. The molecule has 5 rings (SSSR count). The molecule has 2 aliphatic rings. The molecule has 2 saturated heterocycles. The first-order valence-electron chi connectivity index (χ1n) is 14.4. The Morgan fingerprint density at radius 2 is 1.82 bits per heavy atom. The van der Waals surface area contributed by atoms with Crippen molar-refractivity contribution in [2.24, 2.45) is 0 Å². The fourth-order valence-electron chi connectivity index (χ4n) is 4.73. The molecule has 0 aliphatic carbocycles. The lowest BCUT2D eigenvalue weighted by Crippen LogP contribution is -2.38. The normalized spacial score (nSPS) is 16.1. The number of alkyl halides is 3. The Kier molecular flexibility index (Phi) is 11.6. The number of nitrogens with two attached hydrogens (primary N) is 1. The third-order valence-electron chi connectivity index (χ3n) is 7.40. The fraction of sp³-hybridized carbons (Fsp3) is 0.433. The van der Waals surface area contributed by atoms with E-state index < -0.39 is 29.7 Å². The molecule has 0 bridgehead atoms. The minimum Gasteiger partial charge on any atom is -0.477 e. The number of benzene rings is 2. The van der Waals surface area contributed by atoms with E-state index in [-0.39, 0.29) is 10.4 Å². The maximum atomic E-state index is 13.4. The molecule has 244 valence electrons. The summed E-state index contributed by atoms with van der Waals surface area (Å²) in [5.41, 5.74) is 6.90. The highest BCUT2D eigenvalue weighted by atomic mass is 32.1. The van der Waals surface area contributed by atoms with E-state index in [0.29, 0.717) is 48.1 Å². The van der Waals surface area contributed by atoms with Gasteiger partial charge in [0, 0.05) is 61.9 Å². The van der Waals surface area contributed by atoms with Crippen LogP contribution in [-0.4, -0.2) is 90.6 Å². The van der Waals surface area contributed by atoms with Gasteiger partial charge in [0.05, 0.1) is 31.1 Å². The Labute approximate surface area is 262 Å². The molecule has 0 unspecified atom stereocenters. The lowest BCUT2D eigenvalue weighted by molar-refractivity contribution is -0.137. The molecule has 2 aromatic carbocycles. The zero-order chi connectivity index (χ0) is 32.6. The van der Waals surface area contributed by atoms with Crippen LogP contribution in [-0.2, 0) is 10.9 Å². The van der Waals surface area contributed by atoms with Crippen molar-refractivity contribution in [1.82, 2.24) is 9.88 Å². The summed E-state index contributed by atoms with van der Waals surface area (Å²) >= 11 is 1.16. The van der Waals surface area contributed by atoms with Gasteiger partial charge in [-0.1, -0.05) is 17.4 Å². The number of carbonyl (C=O) groups is 2. The van der Waals surface area contributed by atoms with E-state index in [4.69, 9.17) is 15.6 Å². The van der Waals surface area contributed by atoms with Gasteiger partial charge in [-0.15, -0.1) is 0 Å². The number of hydrogen-bond acceptors (Lipinski definition) is 10. The van der Waals surface area contributed by atoms with Crippen LogP contribution in [0.25, 0.3) is 0 Å². The molecule has 2 fully saturated rings. The minimum absolute atomic E-state index is 0.0879. The van der Waals surface area contributed by atoms with Crippen molar-refractivity contribution in [1.29, 1.82) is 0 Å². The van der Waals surface area contributed by atoms with Crippen molar-refractivity contribution in [2.45, 2.75) is 32.0 Å². The summed E-state index contributed by atoms with van der Waals surface area (Å²) in [5.74, 6) is -1.57. The molecule has 1 aromatic heterocycles. The number of amides is 1. The van der Waals surface area contributed by atoms with Crippen LogP contribution in [0, 0.1) is 6.92 Å². The second-order valence-electron chi connectivity index (χ2n) is 10.7. The number of nitrogen functional groups attached to an aromatic ring is 1. The molecule has 0 spiro atoms. The lowest BCUT2D eigenvalue weighted by Gasteiger charge is -2.32. The predicted molar refractivity (Wildman–Crippen MR) is 167 cm³/mol. The Hall–Kier alpha value is -3.92. The summed E-state index contributed by atoms with van der Waals surface area (Å²) in [5, 5.41) is 24.8.